The van der Waals surface area contributed by atoms with Gasteiger partial charge < -0.3 is 19.7 Å². The van der Waals surface area contributed by atoms with Crippen molar-refractivity contribution in [3.05, 3.63) is 46.4 Å². The third-order valence-electron chi connectivity index (χ3n) is 3.50. The van der Waals surface area contributed by atoms with E-state index < -0.39 is 0 Å². The predicted octanol–water partition coefficient (Wildman–Crippen LogP) is 3.71. The van der Waals surface area contributed by atoms with Crippen molar-refractivity contribution in [2.24, 2.45) is 0 Å². The third-order valence-corrected chi connectivity index (χ3v) is 3.93. The van der Waals surface area contributed by atoms with E-state index in [2.05, 4.69) is 5.32 Å². The molecule has 0 saturated heterocycles. The number of nitrogens with zero attached hydrogens (tertiary/aromatic N) is 1. The number of anilines is 2. The number of hydrogen-bond donors (Lipinski definition) is 1. The van der Waals surface area contributed by atoms with Crippen molar-refractivity contribution >= 4 is 46.4 Å². The maximum Gasteiger partial charge on any atom is 0.244 e. The SMILES string of the molecule is CC(=O)N(CC(=O)Nc1ccc2c(c1)OCO2)c1cc(Cl)cc(Cl)c1. The second-order valence-corrected chi connectivity index (χ2v) is 6.22. The van der Waals surface area contributed by atoms with Gasteiger partial charge in [-0.3, -0.25) is 9.59 Å². The predicted molar refractivity (Wildman–Crippen MR) is 95.7 cm³/mol. The normalized spacial score (nSPS) is 12.0. The van der Waals surface area contributed by atoms with Crippen molar-refractivity contribution in [2.75, 3.05) is 23.6 Å². The van der Waals surface area contributed by atoms with Gasteiger partial charge >= 0.3 is 0 Å². The highest BCUT2D eigenvalue weighted by Crippen LogP contribution is 2.34. The Morgan fingerprint density at radius 1 is 1.08 bits per heavy atom. The van der Waals surface area contributed by atoms with E-state index in [1.54, 1.807) is 36.4 Å². The average molecular weight is 381 g/mol. The standard InChI is InChI=1S/C17H14Cl2N2O4/c1-10(22)21(14-5-11(18)4-12(19)6-14)8-17(23)20-13-2-3-15-16(7-13)25-9-24-15/h2-7H,8-9H2,1H3,(H,20,23). The molecule has 0 bridgehead atoms. The van der Waals surface area contributed by atoms with Gasteiger partial charge in [0.15, 0.2) is 11.5 Å². The fourth-order valence-corrected chi connectivity index (χ4v) is 2.91. The summed E-state index contributed by atoms with van der Waals surface area (Å²) in [5.74, 6) is 0.504. The van der Waals surface area contributed by atoms with Gasteiger partial charge in [-0.05, 0) is 30.3 Å². The first kappa shape index (κ1) is 17.4. The van der Waals surface area contributed by atoms with Crippen molar-refractivity contribution in [1.82, 2.24) is 0 Å². The number of ether oxygens (including phenoxy) is 2. The van der Waals surface area contributed by atoms with Crippen LogP contribution in [0, 0.1) is 0 Å². The third kappa shape index (κ3) is 4.15. The van der Waals surface area contributed by atoms with Crippen LogP contribution in [-0.2, 0) is 9.59 Å². The van der Waals surface area contributed by atoms with Gasteiger partial charge in [-0.2, -0.15) is 0 Å². The molecule has 0 fully saturated rings. The molecule has 0 atom stereocenters. The molecule has 0 unspecified atom stereocenters. The summed E-state index contributed by atoms with van der Waals surface area (Å²) in [6.07, 6.45) is 0. The van der Waals surface area contributed by atoms with E-state index in [0.29, 0.717) is 32.9 Å². The minimum atomic E-state index is -0.370. The van der Waals surface area contributed by atoms with Crippen LogP contribution in [0.15, 0.2) is 36.4 Å². The molecule has 2 aromatic rings. The van der Waals surface area contributed by atoms with Crippen molar-refractivity contribution < 1.29 is 19.1 Å². The fourth-order valence-electron chi connectivity index (χ4n) is 2.40. The maximum atomic E-state index is 12.3. The maximum absolute atomic E-state index is 12.3. The van der Waals surface area contributed by atoms with Gasteiger partial charge in [0.05, 0.1) is 0 Å². The lowest BCUT2D eigenvalue weighted by atomic mass is 10.2. The Balaban J connectivity index is 1.74. The van der Waals surface area contributed by atoms with Crippen LogP contribution in [0.3, 0.4) is 0 Å². The number of benzene rings is 2. The van der Waals surface area contributed by atoms with Crippen molar-refractivity contribution in [2.45, 2.75) is 6.92 Å². The zero-order valence-electron chi connectivity index (χ0n) is 13.2. The van der Waals surface area contributed by atoms with Crippen LogP contribution in [0.25, 0.3) is 0 Å². The molecular weight excluding hydrogens is 367 g/mol. The van der Waals surface area contributed by atoms with Crippen molar-refractivity contribution in [3.63, 3.8) is 0 Å². The zero-order valence-corrected chi connectivity index (χ0v) is 14.7. The molecule has 1 aliphatic rings. The van der Waals surface area contributed by atoms with Crippen LogP contribution in [-0.4, -0.2) is 25.2 Å². The second kappa shape index (κ2) is 7.21. The molecule has 2 aromatic carbocycles. The first-order chi connectivity index (χ1) is 11.9. The Kier molecular flexibility index (Phi) is 5.01. The Morgan fingerprint density at radius 2 is 1.76 bits per heavy atom. The molecule has 1 aliphatic heterocycles. The Bertz CT molecular complexity index is 821. The highest BCUT2D eigenvalue weighted by atomic mass is 35.5. The Hall–Kier alpha value is -2.44. The van der Waals surface area contributed by atoms with Gasteiger partial charge in [0.1, 0.15) is 6.54 Å². The zero-order chi connectivity index (χ0) is 18.0. The fraction of sp³-hybridized carbons (Fsp3) is 0.176. The lowest BCUT2D eigenvalue weighted by Gasteiger charge is -2.21. The molecule has 6 nitrogen and oxygen atoms in total. The lowest BCUT2D eigenvalue weighted by molar-refractivity contribution is -0.120. The molecule has 2 amide bonds. The van der Waals surface area contributed by atoms with E-state index in [1.807, 2.05) is 0 Å². The molecule has 1 N–H and O–H groups in total. The molecular formula is C17H14Cl2N2O4. The summed E-state index contributed by atoms with van der Waals surface area (Å²) in [7, 11) is 0. The lowest BCUT2D eigenvalue weighted by Crippen LogP contribution is -2.36. The first-order valence-electron chi connectivity index (χ1n) is 7.36. The number of amides is 2. The molecule has 0 radical (unpaired) electrons. The summed E-state index contributed by atoms with van der Waals surface area (Å²) in [6.45, 7) is 1.34. The molecule has 130 valence electrons. The van der Waals surface area contributed by atoms with Crippen LogP contribution in [0.1, 0.15) is 6.92 Å². The van der Waals surface area contributed by atoms with E-state index in [4.69, 9.17) is 32.7 Å². The van der Waals surface area contributed by atoms with Gasteiger partial charge in [-0.1, -0.05) is 23.2 Å². The highest BCUT2D eigenvalue weighted by Gasteiger charge is 2.18. The smallest absolute Gasteiger partial charge is 0.244 e. The molecule has 25 heavy (non-hydrogen) atoms. The van der Waals surface area contributed by atoms with Crippen LogP contribution in [0.2, 0.25) is 10.0 Å². The van der Waals surface area contributed by atoms with E-state index >= 15 is 0 Å². The van der Waals surface area contributed by atoms with E-state index in [0.717, 1.165) is 0 Å². The number of rotatable bonds is 4. The number of carbonyl (C=O) groups is 2. The number of hydrogen-bond acceptors (Lipinski definition) is 4. The van der Waals surface area contributed by atoms with E-state index in [-0.39, 0.29) is 25.2 Å². The summed E-state index contributed by atoms with van der Waals surface area (Å²) in [6, 6.07) is 9.76. The number of nitrogens with one attached hydrogen (secondary N) is 1. The van der Waals surface area contributed by atoms with Gasteiger partial charge in [0.2, 0.25) is 18.6 Å². The monoisotopic (exact) mass is 380 g/mol. The van der Waals surface area contributed by atoms with Crippen LogP contribution >= 0.6 is 23.2 Å². The van der Waals surface area contributed by atoms with Gasteiger partial charge in [-0.15, -0.1) is 0 Å². The highest BCUT2D eigenvalue weighted by molar-refractivity contribution is 6.35. The van der Waals surface area contributed by atoms with Crippen LogP contribution in [0.5, 0.6) is 11.5 Å². The minimum Gasteiger partial charge on any atom is -0.454 e. The number of fused-ring (bicyclic) bond motifs is 1. The van der Waals surface area contributed by atoms with Crippen LogP contribution in [0.4, 0.5) is 11.4 Å². The summed E-state index contributed by atoms with van der Waals surface area (Å²) in [5, 5.41) is 3.48. The molecule has 8 heteroatoms. The molecule has 0 spiro atoms. The topological polar surface area (TPSA) is 67.9 Å². The van der Waals surface area contributed by atoms with Gasteiger partial charge in [-0.25, -0.2) is 0 Å². The van der Waals surface area contributed by atoms with E-state index in [1.165, 1.54) is 11.8 Å². The molecule has 3 rings (SSSR count). The average Bonchev–Trinajstić information content (AvgIpc) is 2.99. The Labute approximate surface area is 154 Å². The van der Waals surface area contributed by atoms with Crippen LogP contribution < -0.4 is 19.7 Å². The minimum absolute atomic E-state index is 0.153. The number of halogens is 2. The van der Waals surface area contributed by atoms with E-state index in [9.17, 15) is 9.59 Å². The largest absolute Gasteiger partial charge is 0.454 e. The summed E-state index contributed by atoms with van der Waals surface area (Å²) >= 11 is 11.9. The first-order valence-corrected chi connectivity index (χ1v) is 8.11. The van der Waals surface area contributed by atoms with Crippen molar-refractivity contribution in [1.29, 1.82) is 0 Å². The number of carbonyl (C=O) groups excluding carboxylic acids is 2. The molecule has 0 aromatic heterocycles. The summed E-state index contributed by atoms with van der Waals surface area (Å²) in [4.78, 5) is 25.6. The quantitative estimate of drug-likeness (QED) is 0.877. The molecule has 1 heterocycles. The Morgan fingerprint density at radius 3 is 2.44 bits per heavy atom. The molecule has 0 saturated carbocycles. The summed E-state index contributed by atoms with van der Waals surface area (Å²) in [5.41, 5.74) is 0.993. The summed E-state index contributed by atoms with van der Waals surface area (Å²) < 4.78 is 10.5. The second-order valence-electron chi connectivity index (χ2n) is 5.35. The van der Waals surface area contributed by atoms with Gasteiger partial charge in [0.25, 0.3) is 0 Å². The van der Waals surface area contributed by atoms with Gasteiger partial charge in [0, 0.05) is 34.4 Å². The molecule has 0 aliphatic carbocycles. The van der Waals surface area contributed by atoms with Crippen molar-refractivity contribution in [3.8, 4) is 11.5 Å².